The van der Waals surface area contributed by atoms with Crippen molar-refractivity contribution < 1.29 is 14.3 Å². The number of carbonyl (C=O) groups excluding carboxylic acids is 2. The molecule has 2 amide bonds. The lowest BCUT2D eigenvalue weighted by molar-refractivity contribution is -0.123. The number of rotatable bonds is 6. The second-order valence-electron chi connectivity index (χ2n) is 5.64. The van der Waals surface area contributed by atoms with Crippen molar-refractivity contribution in [1.29, 1.82) is 0 Å². The summed E-state index contributed by atoms with van der Waals surface area (Å²) in [6.45, 7) is 1.76. The van der Waals surface area contributed by atoms with E-state index in [1.54, 1.807) is 6.07 Å². The Balaban J connectivity index is 1.63. The van der Waals surface area contributed by atoms with Crippen molar-refractivity contribution in [3.8, 4) is 5.75 Å². The fourth-order valence-corrected chi connectivity index (χ4v) is 2.30. The van der Waals surface area contributed by atoms with Crippen molar-refractivity contribution in [2.45, 2.75) is 19.8 Å². The summed E-state index contributed by atoms with van der Waals surface area (Å²) >= 11 is 4.96. The summed E-state index contributed by atoms with van der Waals surface area (Å²) in [6, 6.07) is 17.1. The Morgan fingerprint density at radius 2 is 1.77 bits per heavy atom. The van der Waals surface area contributed by atoms with Gasteiger partial charge in [-0.05, 0) is 48.8 Å². The van der Waals surface area contributed by atoms with E-state index in [4.69, 9.17) is 17.0 Å². The van der Waals surface area contributed by atoms with Crippen LogP contribution in [0.1, 0.15) is 17.5 Å². The fraction of sp³-hybridized carbons (Fsp3) is 0.211. The van der Waals surface area contributed by atoms with Gasteiger partial charge in [-0.3, -0.25) is 25.8 Å². The van der Waals surface area contributed by atoms with Crippen LogP contribution in [0.3, 0.4) is 0 Å². The number of hydrazine groups is 1. The van der Waals surface area contributed by atoms with Crippen LogP contribution in [0.2, 0.25) is 0 Å². The summed E-state index contributed by atoms with van der Waals surface area (Å²) < 4.78 is 5.38. The predicted octanol–water partition coefficient (Wildman–Crippen LogP) is 2.03. The lowest BCUT2D eigenvalue weighted by Gasteiger charge is -2.11. The van der Waals surface area contributed by atoms with E-state index >= 15 is 0 Å². The highest BCUT2D eigenvalue weighted by atomic mass is 32.1. The Morgan fingerprint density at radius 1 is 1.00 bits per heavy atom. The Bertz CT molecular complexity index is 766. The van der Waals surface area contributed by atoms with Gasteiger partial charge < -0.3 is 4.74 Å². The third-order valence-corrected chi connectivity index (χ3v) is 3.62. The van der Waals surface area contributed by atoms with Crippen molar-refractivity contribution in [3.05, 3.63) is 65.7 Å². The molecule has 6 nitrogen and oxygen atoms in total. The summed E-state index contributed by atoms with van der Waals surface area (Å²) in [4.78, 5) is 23.6. The molecular formula is C19H21N3O3S. The van der Waals surface area contributed by atoms with E-state index in [1.807, 2.05) is 55.5 Å². The molecule has 0 saturated carbocycles. The van der Waals surface area contributed by atoms with E-state index in [1.165, 1.54) is 0 Å². The summed E-state index contributed by atoms with van der Waals surface area (Å²) in [5.74, 6) is -0.0303. The smallest absolute Gasteiger partial charge is 0.264 e. The molecule has 0 spiro atoms. The molecule has 0 radical (unpaired) electrons. The van der Waals surface area contributed by atoms with E-state index in [9.17, 15) is 9.59 Å². The molecule has 0 aromatic heterocycles. The summed E-state index contributed by atoms with van der Waals surface area (Å²) in [5.41, 5.74) is 7.07. The first-order valence-corrected chi connectivity index (χ1v) is 8.56. The molecule has 0 aliphatic carbocycles. The number of carbonyl (C=O) groups is 2. The van der Waals surface area contributed by atoms with Gasteiger partial charge in [0.1, 0.15) is 5.75 Å². The standard InChI is InChI=1S/C19H21N3O3S/c1-14-6-5-9-16(12-14)25-13-18(24)20-19(26)22-21-17(23)11-10-15-7-3-2-4-8-15/h2-9,12H,10-11,13H2,1H3,(H,21,23)(H2,20,22,24,26). The number of aryl methyl sites for hydroxylation is 2. The van der Waals surface area contributed by atoms with Crippen molar-refractivity contribution in [2.75, 3.05) is 6.61 Å². The quantitative estimate of drug-likeness (QED) is 0.535. The molecule has 0 fully saturated rings. The first kappa shape index (κ1) is 19.4. The normalized spacial score (nSPS) is 9.88. The highest BCUT2D eigenvalue weighted by Crippen LogP contribution is 2.11. The van der Waals surface area contributed by atoms with Gasteiger partial charge in [0.2, 0.25) is 5.91 Å². The Morgan fingerprint density at radius 3 is 2.50 bits per heavy atom. The Labute approximate surface area is 157 Å². The third-order valence-electron chi connectivity index (χ3n) is 3.41. The van der Waals surface area contributed by atoms with Crippen molar-refractivity contribution in [3.63, 3.8) is 0 Å². The summed E-state index contributed by atoms with van der Waals surface area (Å²) in [5, 5.41) is 2.45. The number of benzene rings is 2. The number of nitrogens with one attached hydrogen (secondary N) is 3. The topological polar surface area (TPSA) is 79.5 Å². The molecule has 0 atom stereocenters. The zero-order chi connectivity index (χ0) is 18.8. The van der Waals surface area contributed by atoms with Crippen molar-refractivity contribution in [1.82, 2.24) is 16.2 Å². The summed E-state index contributed by atoms with van der Waals surface area (Å²) in [6.07, 6.45) is 0.932. The number of hydrogen-bond donors (Lipinski definition) is 3. The molecule has 0 heterocycles. The van der Waals surface area contributed by atoms with Crippen molar-refractivity contribution >= 4 is 29.1 Å². The highest BCUT2D eigenvalue weighted by Gasteiger charge is 2.07. The number of hydrogen-bond acceptors (Lipinski definition) is 4. The molecule has 2 aromatic rings. The van der Waals surface area contributed by atoms with Gasteiger partial charge in [-0.2, -0.15) is 0 Å². The van der Waals surface area contributed by atoms with Gasteiger partial charge in [0.25, 0.3) is 5.91 Å². The van der Waals surface area contributed by atoms with Crippen LogP contribution in [0.25, 0.3) is 0 Å². The van der Waals surface area contributed by atoms with Crippen LogP contribution in [-0.4, -0.2) is 23.5 Å². The fourth-order valence-electron chi connectivity index (χ4n) is 2.14. The summed E-state index contributed by atoms with van der Waals surface area (Å²) in [7, 11) is 0. The molecule has 3 N–H and O–H groups in total. The van der Waals surface area contributed by atoms with E-state index < -0.39 is 5.91 Å². The van der Waals surface area contributed by atoms with Gasteiger partial charge in [0.15, 0.2) is 11.7 Å². The van der Waals surface area contributed by atoms with Gasteiger partial charge in [0, 0.05) is 6.42 Å². The Hall–Kier alpha value is -2.93. The lowest BCUT2D eigenvalue weighted by atomic mass is 10.1. The van der Waals surface area contributed by atoms with Crippen LogP contribution in [-0.2, 0) is 16.0 Å². The van der Waals surface area contributed by atoms with E-state index in [0.29, 0.717) is 18.6 Å². The van der Waals surface area contributed by atoms with Gasteiger partial charge >= 0.3 is 0 Å². The van der Waals surface area contributed by atoms with Gasteiger partial charge in [-0.1, -0.05) is 42.5 Å². The Kier molecular flexibility index (Phi) is 7.57. The molecule has 0 bridgehead atoms. The maximum Gasteiger partial charge on any atom is 0.264 e. The van der Waals surface area contributed by atoms with Gasteiger partial charge in [-0.15, -0.1) is 0 Å². The molecule has 0 unspecified atom stereocenters. The van der Waals surface area contributed by atoms with E-state index in [0.717, 1.165) is 11.1 Å². The number of amides is 2. The molecule has 0 aliphatic heterocycles. The molecule has 26 heavy (non-hydrogen) atoms. The molecule has 7 heteroatoms. The maximum atomic E-state index is 11.8. The molecule has 0 aliphatic rings. The molecule has 2 aromatic carbocycles. The lowest BCUT2D eigenvalue weighted by Crippen LogP contribution is -2.49. The number of thiocarbonyl (C=S) groups is 1. The number of ether oxygens (including phenoxy) is 1. The third kappa shape index (κ3) is 7.31. The first-order valence-electron chi connectivity index (χ1n) is 8.15. The SMILES string of the molecule is Cc1cccc(OCC(=O)NC(=S)NNC(=O)CCc2ccccc2)c1. The van der Waals surface area contributed by atoms with E-state index in [-0.39, 0.29) is 17.6 Å². The average molecular weight is 371 g/mol. The van der Waals surface area contributed by atoms with Crippen LogP contribution in [0.4, 0.5) is 0 Å². The second-order valence-corrected chi connectivity index (χ2v) is 6.05. The highest BCUT2D eigenvalue weighted by molar-refractivity contribution is 7.80. The maximum absolute atomic E-state index is 11.8. The monoisotopic (exact) mass is 371 g/mol. The molecule has 0 saturated heterocycles. The van der Waals surface area contributed by atoms with E-state index in [2.05, 4.69) is 16.2 Å². The minimum absolute atomic E-state index is 0.0101. The van der Waals surface area contributed by atoms with Gasteiger partial charge in [0.05, 0.1) is 0 Å². The predicted molar refractivity (Wildman–Crippen MR) is 103 cm³/mol. The molecule has 136 valence electrons. The molecular weight excluding hydrogens is 350 g/mol. The van der Waals surface area contributed by atoms with Crippen LogP contribution in [0.15, 0.2) is 54.6 Å². The minimum Gasteiger partial charge on any atom is -0.484 e. The van der Waals surface area contributed by atoms with Crippen LogP contribution in [0.5, 0.6) is 5.75 Å². The van der Waals surface area contributed by atoms with Crippen LogP contribution in [0, 0.1) is 6.92 Å². The zero-order valence-electron chi connectivity index (χ0n) is 14.5. The average Bonchev–Trinajstić information content (AvgIpc) is 2.64. The minimum atomic E-state index is -0.414. The first-order chi connectivity index (χ1) is 12.5. The zero-order valence-corrected chi connectivity index (χ0v) is 15.3. The van der Waals surface area contributed by atoms with Crippen molar-refractivity contribution in [2.24, 2.45) is 0 Å². The van der Waals surface area contributed by atoms with Crippen LogP contribution >= 0.6 is 12.2 Å². The second kappa shape index (κ2) is 10.1. The largest absolute Gasteiger partial charge is 0.484 e. The van der Waals surface area contributed by atoms with Crippen LogP contribution < -0.4 is 20.9 Å². The molecule has 2 rings (SSSR count). The van der Waals surface area contributed by atoms with Gasteiger partial charge in [-0.25, -0.2) is 0 Å².